The van der Waals surface area contributed by atoms with Crippen LogP contribution in [0.15, 0.2) is 23.3 Å². The van der Waals surface area contributed by atoms with Crippen LogP contribution in [0, 0.1) is 0 Å². The van der Waals surface area contributed by atoms with Crippen LogP contribution in [0.25, 0.3) is 0 Å². The Labute approximate surface area is 60.8 Å². The van der Waals surface area contributed by atoms with Gasteiger partial charge < -0.3 is 4.74 Å². The van der Waals surface area contributed by atoms with E-state index in [2.05, 4.69) is 6.58 Å². The SMILES string of the molecule is C=C(OC)/C(C)=C\SC. The zero-order chi connectivity index (χ0) is 7.28. The van der Waals surface area contributed by atoms with Gasteiger partial charge in [0.25, 0.3) is 0 Å². The van der Waals surface area contributed by atoms with Gasteiger partial charge in [0.2, 0.25) is 0 Å². The van der Waals surface area contributed by atoms with Crippen molar-refractivity contribution in [1.29, 1.82) is 0 Å². The fraction of sp³-hybridized carbons (Fsp3) is 0.429. The Kier molecular flexibility index (Phi) is 4.32. The van der Waals surface area contributed by atoms with Crippen LogP contribution in [0.2, 0.25) is 0 Å². The van der Waals surface area contributed by atoms with Crippen LogP contribution >= 0.6 is 11.8 Å². The number of thioether (sulfide) groups is 1. The van der Waals surface area contributed by atoms with Crippen molar-refractivity contribution in [2.45, 2.75) is 6.92 Å². The smallest absolute Gasteiger partial charge is 0.115 e. The average Bonchev–Trinajstić information content (AvgIpc) is 1.87. The predicted molar refractivity (Wildman–Crippen MR) is 43.4 cm³/mol. The maximum Gasteiger partial charge on any atom is 0.115 e. The second kappa shape index (κ2) is 4.50. The molecule has 9 heavy (non-hydrogen) atoms. The second-order valence-electron chi connectivity index (χ2n) is 1.66. The number of hydrogen-bond donors (Lipinski definition) is 0. The predicted octanol–water partition coefficient (Wildman–Crippen LogP) is 2.41. The molecule has 0 radical (unpaired) electrons. The van der Waals surface area contributed by atoms with E-state index in [0.717, 1.165) is 11.3 Å². The highest BCUT2D eigenvalue weighted by atomic mass is 32.2. The third-order valence-electron chi connectivity index (χ3n) is 0.981. The number of rotatable bonds is 3. The summed E-state index contributed by atoms with van der Waals surface area (Å²) < 4.78 is 4.89. The summed E-state index contributed by atoms with van der Waals surface area (Å²) in [5, 5.41) is 2.01. The lowest BCUT2D eigenvalue weighted by Crippen LogP contribution is -1.84. The van der Waals surface area contributed by atoms with Gasteiger partial charge in [-0.2, -0.15) is 0 Å². The van der Waals surface area contributed by atoms with Gasteiger partial charge in [-0.3, -0.25) is 0 Å². The minimum Gasteiger partial charge on any atom is -0.497 e. The maximum atomic E-state index is 4.89. The molecule has 0 fully saturated rings. The zero-order valence-electron chi connectivity index (χ0n) is 6.10. The molecule has 0 rings (SSSR count). The van der Waals surface area contributed by atoms with E-state index in [0.29, 0.717) is 0 Å². The molecular formula is C7H12OS. The van der Waals surface area contributed by atoms with Gasteiger partial charge in [-0.15, -0.1) is 11.8 Å². The Bertz CT molecular complexity index is 127. The van der Waals surface area contributed by atoms with Crippen LogP contribution in [0.5, 0.6) is 0 Å². The van der Waals surface area contributed by atoms with Crippen molar-refractivity contribution < 1.29 is 4.74 Å². The monoisotopic (exact) mass is 144 g/mol. The summed E-state index contributed by atoms with van der Waals surface area (Å²) in [6.45, 7) is 5.66. The minimum atomic E-state index is 0.740. The van der Waals surface area contributed by atoms with Crippen molar-refractivity contribution >= 4 is 11.8 Å². The van der Waals surface area contributed by atoms with Gasteiger partial charge >= 0.3 is 0 Å². The number of allylic oxidation sites excluding steroid dienone is 1. The van der Waals surface area contributed by atoms with Gasteiger partial charge in [0, 0.05) is 0 Å². The number of hydrogen-bond acceptors (Lipinski definition) is 2. The molecule has 0 aromatic rings. The molecule has 0 unspecified atom stereocenters. The van der Waals surface area contributed by atoms with Gasteiger partial charge in [-0.25, -0.2) is 0 Å². The quantitative estimate of drug-likeness (QED) is 0.444. The van der Waals surface area contributed by atoms with Gasteiger partial charge in [0.15, 0.2) is 0 Å². The molecule has 0 saturated carbocycles. The highest BCUT2D eigenvalue weighted by Gasteiger charge is 1.91. The first-order valence-electron chi connectivity index (χ1n) is 2.65. The van der Waals surface area contributed by atoms with Crippen LogP contribution in [0.1, 0.15) is 6.92 Å². The van der Waals surface area contributed by atoms with Crippen LogP contribution in [-0.2, 0) is 4.74 Å². The lowest BCUT2D eigenvalue weighted by molar-refractivity contribution is 0.303. The standard InChI is InChI=1S/C7H12OS/c1-6(5-9-4)7(2)8-3/h5H,2H2,1,3-4H3/b6-5-. The third-order valence-corrected chi connectivity index (χ3v) is 1.57. The Morgan fingerprint density at radius 1 is 1.67 bits per heavy atom. The summed E-state index contributed by atoms with van der Waals surface area (Å²) in [6, 6.07) is 0. The fourth-order valence-corrected chi connectivity index (χ4v) is 0.888. The van der Waals surface area contributed by atoms with Crippen molar-refractivity contribution in [3.63, 3.8) is 0 Å². The van der Waals surface area contributed by atoms with Gasteiger partial charge in [-0.05, 0) is 24.2 Å². The Balaban J connectivity index is 3.86. The third kappa shape index (κ3) is 3.25. The largest absolute Gasteiger partial charge is 0.497 e. The summed E-state index contributed by atoms with van der Waals surface area (Å²) >= 11 is 1.65. The van der Waals surface area contributed by atoms with Gasteiger partial charge in [0.1, 0.15) is 5.76 Å². The molecule has 0 aromatic heterocycles. The zero-order valence-corrected chi connectivity index (χ0v) is 6.92. The molecule has 0 bridgehead atoms. The van der Waals surface area contributed by atoms with E-state index in [4.69, 9.17) is 4.74 Å². The summed E-state index contributed by atoms with van der Waals surface area (Å²) in [5.74, 6) is 0.740. The van der Waals surface area contributed by atoms with Crippen LogP contribution < -0.4 is 0 Å². The molecule has 1 nitrogen and oxygen atoms in total. The molecule has 0 saturated heterocycles. The first-order valence-corrected chi connectivity index (χ1v) is 3.94. The first-order chi connectivity index (χ1) is 4.22. The summed E-state index contributed by atoms with van der Waals surface area (Å²) in [4.78, 5) is 0. The van der Waals surface area contributed by atoms with Crippen LogP contribution in [0.3, 0.4) is 0 Å². The highest BCUT2D eigenvalue weighted by molar-refractivity contribution is 8.01. The Morgan fingerprint density at radius 2 is 2.22 bits per heavy atom. The number of methoxy groups -OCH3 is 1. The molecule has 2 heteroatoms. The molecule has 0 aromatic carbocycles. The molecule has 0 aliphatic rings. The van der Waals surface area contributed by atoms with Gasteiger partial charge in [0.05, 0.1) is 7.11 Å². The lowest BCUT2D eigenvalue weighted by Gasteiger charge is -2.01. The van der Waals surface area contributed by atoms with E-state index in [1.807, 2.05) is 18.6 Å². The minimum absolute atomic E-state index is 0.740. The summed E-state index contributed by atoms with van der Waals surface area (Å²) in [5.41, 5.74) is 1.09. The molecular weight excluding hydrogens is 132 g/mol. The molecule has 52 valence electrons. The topological polar surface area (TPSA) is 9.23 Å². The second-order valence-corrected chi connectivity index (χ2v) is 2.37. The first kappa shape index (κ1) is 8.63. The molecule has 0 aliphatic heterocycles. The molecule has 0 amide bonds. The normalized spacial score (nSPS) is 11.2. The molecule has 0 spiro atoms. The molecule has 0 aliphatic carbocycles. The van der Waals surface area contributed by atoms with E-state index in [1.165, 1.54) is 0 Å². The molecule has 0 N–H and O–H groups in total. The van der Waals surface area contributed by atoms with Crippen molar-refractivity contribution in [3.05, 3.63) is 23.3 Å². The van der Waals surface area contributed by atoms with Crippen LogP contribution in [-0.4, -0.2) is 13.4 Å². The van der Waals surface area contributed by atoms with Crippen molar-refractivity contribution in [1.82, 2.24) is 0 Å². The fourth-order valence-electron chi connectivity index (χ4n) is 0.403. The summed E-state index contributed by atoms with van der Waals surface area (Å²) in [7, 11) is 1.62. The van der Waals surface area contributed by atoms with Crippen molar-refractivity contribution in [2.24, 2.45) is 0 Å². The van der Waals surface area contributed by atoms with Gasteiger partial charge in [-0.1, -0.05) is 6.58 Å². The highest BCUT2D eigenvalue weighted by Crippen LogP contribution is 2.10. The maximum absolute atomic E-state index is 4.89. The van der Waals surface area contributed by atoms with Crippen molar-refractivity contribution in [3.8, 4) is 0 Å². The van der Waals surface area contributed by atoms with E-state index in [9.17, 15) is 0 Å². The van der Waals surface area contributed by atoms with E-state index in [1.54, 1.807) is 18.9 Å². The van der Waals surface area contributed by atoms with E-state index >= 15 is 0 Å². The molecule has 0 heterocycles. The van der Waals surface area contributed by atoms with E-state index in [-0.39, 0.29) is 0 Å². The Hall–Kier alpha value is -0.370. The average molecular weight is 144 g/mol. The number of ether oxygens (including phenoxy) is 1. The summed E-state index contributed by atoms with van der Waals surface area (Å²) in [6.07, 6.45) is 2.01. The lowest BCUT2D eigenvalue weighted by atomic mass is 10.3. The molecule has 0 atom stereocenters. The van der Waals surface area contributed by atoms with Crippen molar-refractivity contribution in [2.75, 3.05) is 13.4 Å². The van der Waals surface area contributed by atoms with Crippen LogP contribution in [0.4, 0.5) is 0 Å². The Morgan fingerprint density at radius 3 is 2.56 bits per heavy atom. The van der Waals surface area contributed by atoms with E-state index < -0.39 is 0 Å².